The maximum atomic E-state index is 13.8. The average Bonchev–Trinajstić information content (AvgIpc) is 2.83. The Morgan fingerprint density at radius 2 is 2.29 bits per heavy atom. The number of fused-ring (bicyclic) bond motifs is 1. The molecule has 1 N–H and O–H groups in total. The maximum absolute atomic E-state index is 13.8. The summed E-state index contributed by atoms with van der Waals surface area (Å²) in [6, 6.07) is 3.13. The number of rotatable bonds is 1. The van der Waals surface area contributed by atoms with Gasteiger partial charge in [-0.3, -0.25) is 0 Å². The van der Waals surface area contributed by atoms with Gasteiger partial charge in [0.2, 0.25) is 0 Å². The molecule has 2 atom stereocenters. The number of aromatic nitrogens is 1. The number of pyridine rings is 1. The van der Waals surface area contributed by atoms with E-state index in [0.29, 0.717) is 17.7 Å². The fraction of sp³-hybridized carbons (Fsp3) is 0.615. The van der Waals surface area contributed by atoms with Gasteiger partial charge in [-0.15, -0.1) is 0 Å². The average molecular weight is 235 g/mol. The van der Waals surface area contributed by atoms with Crippen molar-refractivity contribution in [2.24, 2.45) is 11.8 Å². The number of anilines is 1. The molecule has 3 heterocycles. The molecule has 0 aliphatic carbocycles. The van der Waals surface area contributed by atoms with Gasteiger partial charge in [-0.2, -0.15) is 0 Å². The van der Waals surface area contributed by atoms with Crippen LogP contribution in [-0.2, 0) is 0 Å². The molecule has 17 heavy (non-hydrogen) atoms. The Bertz CT molecular complexity index is 432. The van der Waals surface area contributed by atoms with Crippen LogP contribution in [0.15, 0.2) is 18.3 Å². The van der Waals surface area contributed by atoms with Gasteiger partial charge in [0.25, 0.3) is 0 Å². The van der Waals surface area contributed by atoms with E-state index in [0.717, 1.165) is 19.6 Å². The van der Waals surface area contributed by atoms with Crippen LogP contribution < -0.4 is 10.2 Å². The minimum Gasteiger partial charge on any atom is -0.348 e. The third-order valence-electron chi connectivity index (χ3n) is 4.35. The summed E-state index contributed by atoms with van der Waals surface area (Å²) in [6.45, 7) is 7.36. The van der Waals surface area contributed by atoms with Crippen LogP contribution in [0.2, 0.25) is 0 Å². The zero-order valence-corrected chi connectivity index (χ0v) is 10.3. The first kappa shape index (κ1) is 11.0. The van der Waals surface area contributed by atoms with Crippen molar-refractivity contribution in [3.63, 3.8) is 0 Å². The Morgan fingerprint density at radius 3 is 3.00 bits per heavy atom. The summed E-state index contributed by atoms with van der Waals surface area (Å²) in [5, 5.41) is 3.43. The Kier molecular flexibility index (Phi) is 2.36. The van der Waals surface area contributed by atoms with E-state index < -0.39 is 0 Å². The van der Waals surface area contributed by atoms with Crippen LogP contribution in [0.5, 0.6) is 0 Å². The normalized spacial score (nSPS) is 30.6. The molecule has 0 spiro atoms. The van der Waals surface area contributed by atoms with Crippen LogP contribution in [-0.4, -0.2) is 30.2 Å². The maximum Gasteiger partial charge on any atom is 0.165 e. The molecule has 0 aromatic carbocycles. The first-order chi connectivity index (χ1) is 8.10. The zero-order chi connectivity index (χ0) is 12.0. The van der Waals surface area contributed by atoms with Crippen molar-refractivity contribution < 1.29 is 4.39 Å². The van der Waals surface area contributed by atoms with Crippen LogP contribution in [0.25, 0.3) is 0 Å². The lowest BCUT2D eigenvalue weighted by atomic mass is 9.85. The molecule has 2 aliphatic rings. The summed E-state index contributed by atoms with van der Waals surface area (Å²) in [7, 11) is 0. The van der Waals surface area contributed by atoms with Crippen molar-refractivity contribution in [2.75, 3.05) is 24.5 Å². The molecule has 1 aromatic heterocycles. The number of nitrogens with zero attached hydrogens (tertiary/aromatic N) is 2. The van der Waals surface area contributed by atoms with Gasteiger partial charge in [0.05, 0.1) is 0 Å². The summed E-state index contributed by atoms with van der Waals surface area (Å²) in [5.41, 5.74) is -0.0244. The van der Waals surface area contributed by atoms with E-state index in [4.69, 9.17) is 0 Å². The van der Waals surface area contributed by atoms with Crippen molar-refractivity contribution in [2.45, 2.75) is 19.4 Å². The smallest absolute Gasteiger partial charge is 0.165 e. The Morgan fingerprint density at radius 1 is 1.47 bits per heavy atom. The van der Waals surface area contributed by atoms with E-state index in [1.165, 1.54) is 6.07 Å². The first-order valence-electron chi connectivity index (χ1n) is 6.19. The lowest BCUT2D eigenvalue weighted by Gasteiger charge is -2.36. The van der Waals surface area contributed by atoms with Gasteiger partial charge in [-0.25, -0.2) is 9.37 Å². The third-order valence-corrected chi connectivity index (χ3v) is 4.35. The van der Waals surface area contributed by atoms with E-state index in [-0.39, 0.29) is 11.4 Å². The monoisotopic (exact) mass is 235 g/mol. The second-order valence-corrected chi connectivity index (χ2v) is 5.60. The third kappa shape index (κ3) is 1.54. The number of nitrogens with one attached hydrogen (secondary N) is 1. The molecular formula is C13H18FN3. The summed E-state index contributed by atoms with van der Waals surface area (Å²) < 4.78 is 13.8. The highest BCUT2D eigenvalue weighted by molar-refractivity contribution is 5.45. The van der Waals surface area contributed by atoms with Crippen molar-refractivity contribution >= 4 is 5.82 Å². The van der Waals surface area contributed by atoms with Gasteiger partial charge in [-0.1, -0.05) is 0 Å². The van der Waals surface area contributed by atoms with E-state index >= 15 is 0 Å². The summed E-state index contributed by atoms with van der Waals surface area (Å²) >= 11 is 0. The Labute approximate surface area is 101 Å². The molecule has 0 amide bonds. The predicted molar refractivity (Wildman–Crippen MR) is 65.5 cm³/mol. The van der Waals surface area contributed by atoms with Crippen LogP contribution >= 0.6 is 0 Å². The topological polar surface area (TPSA) is 28.2 Å². The van der Waals surface area contributed by atoms with Crippen LogP contribution in [0.1, 0.15) is 13.8 Å². The van der Waals surface area contributed by atoms with Crippen LogP contribution in [0, 0.1) is 17.7 Å². The highest BCUT2D eigenvalue weighted by Gasteiger charge is 2.50. The molecule has 3 nitrogen and oxygen atoms in total. The van der Waals surface area contributed by atoms with Crippen LogP contribution in [0.3, 0.4) is 0 Å². The summed E-state index contributed by atoms with van der Waals surface area (Å²) in [4.78, 5) is 6.35. The molecule has 2 saturated heterocycles. The molecule has 4 heteroatoms. The van der Waals surface area contributed by atoms with Gasteiger partial charge in [0, 0.05) is 31.4 Å². The number of hydrogen-bond acceptors (Lipinski definition) is 3. The lowest BCUT2D eigenvalue weighted by Crippen LogP contribution is -2.45. The lowest BCUT2D eigenvalue weighted by molar-refractivity contribution is 0.354. The Balaban J connectivity index is 1.97. The molecule has 2 aliphatic heterocycles. The van der Waals surface area contributed by atoms with E-state index in [1.807, 2.05) is 0 Å². The Hall–Kier alpha value is -1.16. The van der Waals surface area contributed by atoms with Gasteiger partial charge < -0.3 is 10.2 Å². The zero-order valence-electron chi connectivity index (χ0n) is 10.3. The van der Waals surface area contributed by atoms with Gasteiger partial charge >= 0.3 is 0 Å². The minimum absolute atomic E-state index is 0.0244. The van der Waals surface area contributed by atoms with Crippen molar-refractivity contribution in [3.05, 3.63) is 24.1 Å². The minimum atomic E-state index is -0.214. The molecule has 0 radical (unpaired) electrons. The van der Waals surface area contributed by atoms with E-state index in [2.05, 4.69) is 29.0 Å². The quantitative estimate of drug-likeness (QED) is 0.802. The molecule has 0 bridgehead atoms. The molecule has 3 rings (SSSR count). The fourth-order valence-electron chi connectivity index (χ4n) is 3.36. The highest BCUT2D eigenvalue weighted by Crippen LogP contribution is 2.42. The van der Waals surface area contributed by atoms with Gasteiger partial charge in [0.1, 0.15) is 0 Å². The fourth-order valence-corrected chi connectivity index (χ4v) is 3.36. The number of halogens is 1. The van der Waals surface area contributed by atoms with Crippen LogP contribution in [0.4, 0.5) is 10.2 Å². The molecular weight excluding hydrogens is 217 g/mol. The van der Waals surface area contributed by atoms with E-state index in [1.54, 1.807) is 12.3 Å². The predicted octanol–water partition coefficient (Wildman–Crippen LogP) is 1.65. The second-order valence-electron chi connectivity index (χ2n) is 5.60. The van der Waals surface area contributed by atoms with E-state index in [9.17, 15) is 4.39 Å². The SMILES string of the molecule is CC1(C)C2CNCC2CN1c1ncccc1F. The highest BCUT2D eigenvalue weighted by atomic mass is 19.1. The summed E-state index contributed by atoms with van der Waals surface area (Å²) in [5.74, 6) is 1.50. The largest absolute Gasteiger partial charge is 0.348 e. The molecule has 1 aromatic rings. The summed E-state index contributed by atoms with van der Waals surface area (Å²) in [6.07, 6.45) is 1.67. The standard InChI is InChI=1S/C13H18FN3/c1-13(2)10-7-15-6-9(10)8-17(13)12-11(14)4-3-5-16-12/h3-5,9-10,15H,6-8H2,1-2H3. The number of hydrogen-bond donors (Lipinski definition) is 1. The molecule has 92 valence electrons. The first-order valence-corrected chi connectivity index (χ1v) is 6.19. The van der Waals surface area contributed by atoms with Crippen molar-refractivity contribution in [3.8, 4) is 0 Å². The van der Waals surface area contributed by atoms with Gasteiger partial charge in [-0.05, 0) is 37.8 Å². The molecule has 2 unspecified atom stereocenters. The molecule has 0 saturated carbocycles. The van der Waals surface area contributed by atoms with Crippen molar-refractivity contribution in [1.29, 1.82) is 0 Å². The van der Waals surface area contributed by atoms with Crippen molar-refractivity contribution in [1.82, 2.24) is 10.3 Å². The molecule has 2 fully saturated rings. The second kappa shape index (κ2) is 3.67. The van der Waals surface area contributed by atoms with Gasteiger partial charge in [0.15, 0.2) is 11.6 Å².